The highest BCUT2D eigenvalue weighted by Crippen LogP contribution is 2.37. The SMILES string of the molecule is N=Cc1cc(Nc2ncnc3sc4c(c23)CCNC4)c(Cl)cc1N. The lowest BCUT2D eigenvalue weighted by atomic mass is 10.1. The highest BCUT2D eigenvalue weighted by atomic mass is 35.5. The van der Waals surface area contributed by atoms with E-state index < -0.39 is 0 Å². The summed E-state index contributed by atoms with van der Waals surface area (Å²) < 4.78 is 0. The predicted octanol–water partition coefficient (Wildman–Crippen LogP) is 3.31. The number of halogens is 1. The molecule has 3 heterocycles. The number of nitrogens with zero attached hydrogens (tertiary/aromatic N) is 2. The lowest BCUT2D eigenvalue weighted by Gasteiger charge is -2.14. The molecular formula is C16H15ClN6S. The lowest BCUT2D eigenvalue weighted by molar-refractivity contribution is 0.657. The second kappa shape index (κ2) is 6.01. The number of hydrogen-bond donors (Lipinski definition) is 4. The van der Waals surface area contributed by atoms with Crippen LogP contribution >= 0.6 is 22.9 Å². The summed E-state index contributed by atoms with van der Waals surface area (Å²) in [6.45, 7) is 1.82. The minimum absolute atomic E-state index is 0.479. The van der Waals surface area contributed by atoms with E-state index in [2.05, 4.69) is 20.6 Å². The smallest absolute Gasteiger partial charge is 0.142 e. The molecule has 0 saturated heterocycles. The summed E-state index contributed by atoms with van der Waals surface area (Å²) in [4.78, 5) is 11.1. The molecule has 0 saturated carbocycles. The molecule has 0 aliphatic carbocycles. The average Bonchev–Trinajstić information content (AvgIpc) is 2.96. The maximum Gasteiger partial charge on any atom is 0.142 e. The van der Waals surface area contributed by atoms with Gasteiger partial charge in [0.15, 0.2) is 0 Å². The number of benzene rings is 1. The Morgan fingerprint density at radius 1 is 1.38 bits per heavy atom. The molecule has 0 unspecified atom stereocenters. The summed E-state index contributed by atoms with van der Waals surface area (Å²) in [6, 6.07) is 3.41. The van der Waals surface area contributed by atoms with Crippen LogP contribution in [0.25, 0.3) is 10.2 Å². The van der Waals surface area contributed by atoms with Crippen LogP contribution in [0.2, 0.25) is 5.02 Å². The van der Waals surface area contributed by atoms with Crippen LogP contribution < -0.4 is 16.4 Å². The topological polar surface area (TPSA) is 99.7 Å². The highest BCUT2D eigenvalue weighted by molar-refractivity contribution is 7.19. The maximum absolute atomic E-state index is 7.46. The maximum atomic E-state index is 7.46. The van der Waals surface area contributed by atoms with Crippen LogP contribution in [0, 0.1) is 5.41 Å². The summed E-state index contributed by atoms with van der Waals surface area (Å²) in [7, 11) is 0. The summed E-state index contributed by atoms with van der Waals surface area (Å²) in [5, 5.41) is 15.7. The van der Waals surface area contributed by atoms with Crippen molar-refractivity contribution in [3.63, 3.8) is 0 Å². The van der Waals surface area contributed by atoms with Gasteiger partial charge in [0.05, 0.1) is 16.1 Å². The van der Waals surface area contributed by atoms with Crippen molar-refractivity contribution in [2.75, 3.05) is 17.6 Å². The molecule has 8 heteroatoms. The van der Waals surface area contributed by atoms with Gasteiger partial charge in [0.2, 0.25) is 0 Å². The predicted molar refractivity (Wildman–Crippen MR) is 99.9 cm³/mol. The van der Waals surface area contributed by atoms with Crippen molar-refractivity contribution < 1.29 is 0 Å². The van der Waals surface area contributed by atoms with Crippen LogP contribution in [0.5, 0.6) is 0 Å². The molecule has 1 aliphatic rings. The van der Waals surface area contributed by atoms with E-state index in [0.717, 1.165) is 35.5 Å². The number of aromatic nitrogens is 2. The van der Waals surface area contributed by atoms with E-state index in [1.807, 2.05) is 0 Å². The number of nitrogens with one attached hydrogen (secondary N) is 3. The fourth-order valence-electron chi connectivity index (χ4n) is 2.91. The molecule has 2 aromatic heterocycles. The normalized spacial score (nSPS) is 13.7. The van der Waals surface area contributed by atoms with Crippen molar-refractivity contribution in [3.8, 4) is 0 Å². The Hall–Kier alpha value is -2.22. The van der Waals surface area contributed by atoms with Gasteiger partial charge in [-0.3, -0.25) is 0 Å². The van der Waals surface area contributed by atoms with Crippen molar-refractivity contribution in [1.82, 2.24) is 15.3 Å². The zero-order valence-electron chi connectivity index (χ0n) is 12.7. The molecule has 0 radical (unpaired) electrons. The minimum atomic E-state index is 0.479. The molecule has 1 aromatic carbocycles. The largest absolute Gasteiger partial charge is 0.398 e. The summed E-state index contributed by atoms with van der Waals surface area (Å²) in [5.74, 6) is 0.738. The average molecular weight is 359 g/mol. The lowest BCUT2D eigenvalue weighted by Crippen LogP contribution is -2.22. The molecule has 1 aliphatic heterocycles. The first-order chi connectivity index (χ1) is 11.7. The standard InChI is InChI=1S/C16H15ClN6S/c17-10-4-11(19)8(5-18)3-12(10)23-15-14-9-1-2-20-6-13(9)24-16(14)22-7-21-15/h3-5,7,18,20H,1-2,6,19H2,(H,21,22,23). The molecule has 0 fully saturated rings. The van der Waals surface area contributed by atoms with E-state index in [9.17, 15) is 0 Å². The zero-order valence-corrected chi connectivity index (χ0v) is 14.3. The number of fused-ring (bicyclic) bond motifs is 3. The van der Waals surface area contributed by atoms with Gasteiger partial charge >= 0.3 is 0 Å². The Kier molecular flexibility index (Phi) is 3.84. The van der Waals surface area contributed by atoms with E-state index in [0.29, 0.717) is 22.0 Å². The van der Waals surface area contributed by atoms with Crippen LogP contribution in [0.15, 0.2) is 18.5 Å². The van der Waals surface area contributed by atoms with Gasteiger partial charge < -0.3 is 21.8 Å². The fraction of sp³-hybridized carbons (Fsp3) is 0.188. The number of thiophene rings is 1. The van der Waals surface area contributed by atoms with Crippen LogP contribution in [0.1, 0.15) is 16.0 Å². The number of rotatable bonds is 3. The van der Waals surface area contributed by atoms with Crippen molar-refractivity contribution in [1.29, 1.82) is 5.41 Å². The van der Waals surface area contributed by atoms with Gasteiger partial charge in [0, 0.05) is 28.9 Å². The molecule has 0 bridgehead atoms. The third-order valence-electron chi connectivity index (χ3n) is 4.09. The summed E-state index contributed by atoms with van der Waals surface area (Å²) in [6.07, 6.45) is 3.73. The van der Waals surface area contributed by atoms with Gasteiger partial charge in [-0.1, -0.05) is 11.6 Å². The molecule has 6 nitrogen and oxygen atoms in total. The molecule has 5 N–H and O–H groups in total. The minimum Gasteiger partial charge on any atom is -0.398 e. The van der Waals surface area contributed by atoms with E-state index in [1.165, 1.54) is 16.7 Å². The Morgan fingerprint density at radius 3 is 3.08 bits per heavy atom. The molecule has 4 rings (SSSR count). The van der Waals surface area contributed by atoms with Crippen molar-refractivity contribution in [3.05, 3.63) is 39.5 Å². The van der Waals surface area contributed by atoms with E-state index in [4.69, 9.17) is 22.7 Å². The van der Waals surface area contributed by atoms with E-state index in [-0.39, 0.29) is 0 Å². The van der Waals surface area contributed by atoms with E-state index in [1.54, 1.807) is 29.8 Å². The highest BCUT2D eigenvalue weighted by Gasteiger charge is 2.20. The van der Waals surface area contributed by atoms with Crippen LogP contribution in [-0.2, 0) is 13.0 Å². The van der Waals surface area contributed by atoms with Crippen LogP contribution in [0.4, 0.5) is 17.2 Å². The van der Waals surface area contributed by atoms with Crippen molar-refractivity contribution in [2.45, 2.75) is 13.0 Å². The number of anilines is 3. The first-order valence-electron chi connectivity index (χ1n) is 7.50. The van der Waals surface area contributed by atoms with Gasteiger partial charge in [-0.15, -0.1) is 11.3 Å². The van der Waals surface area contributed by atoms with Crippen LogP contribution in [-0.4, -0.2) is 22.7 Å². The van der Waals surface area contributed by atoms with Crippen LogP contribution in [0.3, 0.4) is 0 Å². The van der Waals surface area contributed by atoms with Gasteiger partial charge in [-0.2, -0.15) is 0 Å². The monoisotopic (exact) mass is 358 g/mol. The second-order valence-electron chi connectivity index (χ2n) is 5.56. The molecule has 122 valence electrons. The number of nitrogens with two attached hydrogens (primary N) is 1. The van der Waals surface area contributed by atoms with Gasteiger partial charge in [0.1, 0.15) is 17.0 Å². The molecule has 3 aromatic rings. The molecule has 0 atom stereocenters. The quantitative estimate of drug-likeness (QED) is 0.425. The molecule has 0 amide bonds. The first-order valence-corrected chi connectivity index (χ1v) is 8.69. The first kappa shape index (κ1) is 15.3. The summed E-state index contributed by atoms with van der Waals surface area (Å²) in [5.41, 5.74) is 8.94. The Bertz CT molecular complexity index is 951. The van der Waals surface area contributed by atoms with Gasteiger partial charge in [-0.25, -0.2) is 9.97 Å². The molecule has 24 heavy (non-hydrogen) atoms. The van der Waals surface area contributed by atoms with Crippen molar-refractivity contribution >= 4 is 56.6 Å². The third-order valence-corrected chi connectivity index (χ3v) is 5.54. The zero-order chi connectivity index (χ0) is 16.7. The Balaban J connectivity index is 1.83. The fourth-order valence-corrected chi connectivity index (χ4v) is 4.28. The Morgan fingerprint density at radius 2 is 2.25 bits per heavy atom. The van der Waals surface area contributed by atoms with Crippen molar-refractivity contribution in [2.24, 2.45) is 0 Å². The summed E-state index contributed by atoms with van der Waals surface area (Å²) >= 11 is 8.00. The van der Waals surface area contributed by atoms with Gasteiger partial charge in [0.25, 0.3) is 0 Å². The van der Waals surface area contributed by atoms with E-state index >= 15 is 0 Å². The third kappa shape index (κ3) is 2.50. The Labute approximate surface area is 147 Å². The number of nitrogen functional groups attached to an aromatic ring is 1. The molecule has 0 spiro atoms. The van der Waals surface area contributed by atoms with Gasteiger partial charge in [-0.05, 0) is 30.7 Å². The number of hydrogen-bond acceptors (Lipinski definition) is 7. The second-order valence-corrected chi connectivity index (χ2v) is 7.05. The molecular weight excluding hydrogens is 344 g/mol.